The number of halogens is 2. The van der Waals surface area contributed by atoms with Gasteiger partial charge in [0.1, 0.15) is 0 Å². The molecular weight excluding hydrogens is 311 g/mol. The van der Waals surface area contributed by atoms with Crippen LogP contribution in [0.3, 0.4) is 0 Å². The van der Waals surface area contributed by atoms with Gasteiger partial charge in [-0.1, -0.05) is 50.9 Å². The molecule has 1 N–H and O–H groups in total. The number of hydrogen-bond acceptors (Lipinski definition) is 1. The Labute approximate surface area is 137 Å². The number of rotatable bonds is 5. The predicted molar refractivity (Wildman–Crippen MR) is 93.9 cm³/mol. The van der Waals surface area contributed by atoms with Gasteiger partial charge < -0.3 is 10.2 Å². The molecule has 0 aromatic heterocycles. The van der Waals surface area contributed by atoms with Gasteiger partial charge >= 0.3 is 0 Å². The molecule has 0 saturated carbocycles. The third kappa shape index (κ3) is 5.86. The van der Waals surface area contributed by atoms with Gasteiger partial charge in [0, 0.05) is 18.1 Å². The van der Waals surface area contributed by atoms with Crippen molar-refractivity contribution in [2.24, 2.45) is 11.8 Å². The molecule has 0 fully saturated rings. The molecule has 1 aromatic carbocycles. The van der Waals surface area contributed by atoms with Gasteiger partial charge in [-0.2, -0.15) is 0 Å². The Bertz CT molecular complexity index is 451. The van der Waals surface area contributed by atoms with Crippen LogP contribution in [-0.2, 0) is 0 Å². The van der Waals surface area contributed by atoms with E-state index in [1.807, 2.05) is 6.07 Å². The molecule has 20 heavy (non-hydrogen) atoms. The van der Waals surface area contributed by atoms with Crippen LogP contribution in [0.5, 0.6) is 0 Å². The van der Waals surface area contributed by atoms with Gasteiger partial charge in [-0.05, 0) is 42.3 Å². The molecule has 112 valence electrons. The summed E-state index contributed by atoms with van der Waals surface area (Å²) in [6.45, 7) is 10.6. The molecule has 1 aromatic rings. The highest BCUT2D eigenvalue weighted by Crippen LogP contribution is 2.25. The van der Waals surface area contributed by atoms with E-state index in [-0.39, 0.29) is 0 Å². The largest absolute Gasteiger partial charge is 0.349 e. The highest BCUT2D eigenvalue weighted by molar-refractivity contribution is 7.80. The Morgan fingerprint density at radius 3 is 2.15 bits per heavy atom. The fourth-order valence-corrected chi connectivity index (χ4v) is 2.62. The van der Waals surface area contributed by atoms with Crippen molar-refractivity contribution in [3.8, 4) is 0 Å². The van der Waals surface area contributed by atoms with Crippen molar-refractivity contribution in [3.63, 3.8) is 0 Å². The van der Waals surface area contributed by atoms with Crippen molar-refractivity contribution in [2.75, 3.05) is 18.4 Å². The highest BCUT2D eigenvalue weighted by atomic mass is 35.5. The van der Waals surface area contributed by atoms with E-state index in [0.717, 1.165) is 18.8 Å². The zero-order valence-corrected chi connectivity index (χ0v) is 14.7. The lowest BCUT2D eigenvalue weighted by Gasteiger charge is -2.29. The van der Waals surface area contributed by atoms with Crippen LogP contribution in [-0.4, -0.2) is 23.1 Å². The topological polar surface area (TPSA) is 15.3 Å². The van der Waals surface area contributed by atoms with Crippen molar-refractivity contribution in [1.82, 2.24) is 4.90 Å². The average Bonchev–Trinajstić information content (AvgIpc) is 2.30. The van der Waals surface area contributed by atoms with Crippen LogP contribution in [0.25, 0.3) is 0 Å². The van der Waals surface area contributed by atoms with Gasteiger partial charge in [-0.3, -0.25) is 0 Å². The lowest BCUT2D eigenvalue weighted by atomic mass is 10.1. The van der Waals surface area contributed by atoms with Gasteiger partial charge in [0.05, 0.1) is 10.7 Å². The third-order valence-electron chi connectivity index (χ3n) is 2.63. The molecule has 0 aliphatic rings. The van der Waals surface area contributed by atoms with Gasteiger partial charge in [0.25, 0.3) is 0 Å². The van der Waals surface area contributed by atoms with E-state index in [9.17, 15) is 0 Å². The normalized spacial score (nSPS) is 11.0. The van der Waals surface area contributed by atoms with E-state index >= 15 is 0 Å². The lowest BCUT2D eigenvalue weighted by Crippen LogP contribution is -2.39. The molecule has 0 saturated heterocycles. The van der Waals surface area contributed by atoms with Crippen LogP contribution in [0.4, 0.5) is 5.69 Å². The maximum absolute atomic E-state index is 6.16. The maximum Gasteiger partial charge on any atom is 0.173 e. The Balaban J connectivity index is 2.79. The van der Waals surface area contributed by atoms with Crippen LogP contribution in [0.15, 0.2) is 18.2 Å². The summed E-state index contributed by atoms with van der Waals surface area (Å²) < 4.78 is 0. The number of anilines is 1. The minimum absolute atomic E-state index is 0.550. The first-order chi connectivity index (χ1) is 9.29. The number of thiocarbonyl (C=S) groups is 1. The molecule has 0 aliphatic carbocycles. The van der Waals surface area contributed by atoms with Gasteiger partial charge in [0.15, 0.2) is 5.11 Å². The Morgan fingerprint density at radius 2 is 1.70 bits per heavy atom. The minimum Gasteiger partial charge on any atom is -0.349 e. The first-order valence-corrected chi connectivity index (χ1v) is 7.97. The van der Waals surface area contributed by atoms with E-state index < -0.39 is 0 Å². The molecule has 1 rings (SSSR count). The highest BCUT2D eigenvalue weighted by Gasteiger charge is 2.14. The molecule has 5 heteroatoms. The summed E-state index contributed by atoms with van der Waals surface area (Å²) in [7, 11) is 0. The van der Waals surface area contributed by atoms with Crippen LogP contribution in [0, 0.1) is 11.8 Å². The fraction of sp³-hybridized carbons (Fsp3) is 0.533. The summed E-state index contributed by atoms with van der Waals surface area (Å²) >= 11 is 17.6. The molecule has 0 spiro atoms. The van der Waals surface area contributed by atoms with E-state index in [1.165, 1.54) is 0 Å². The number of nitrogens with zero attached hydrogens (tertiary/aromatic N) is 1. The van der Waals surface area contributed by atoms with Gasteiger partial charge in [-0.15, -0.1) is 0 Å². The SMILES string of the molecule is CC(C)CN(CC(C)C)C(=S)Nc1ccc(Cl)cc1Cl. The van der Waals surface area contributed by atoms with E-state index in [1.54, 1.807) is 12.1 Å². The van der Waals surface area contributed by atoms with Crippen molar-refractivity contribution in [3.05, 3.63) is 28.2 Å². The zero-order valence-electron chi connectivity index (χ0n) is 12.4. The van der Waals surface area contributed by atoms with Crippen molar-refractivity contribution in [1.29, 1.82) is 0 Å². The first kappa shape index (κ1) is 17.5. The van der Waals surface area contributed by atoms with Crippen LogP contribution >= 0.6 is 35.4 Å². The molecule has 0 aliphatic heterocycles. The monoisotopic (exact) mass is 332 g/mol. The standard InChI is InChI=1S/C15H22Cl2N2S/c1-10(2)8-19(9-11(3)4)15(20)18-14-6-5-12(16)7-13(14)17/h5-7,10-11H,8-9H2,1-4H3,(H,18,20). The molecule has 0 heterocycles. The molecule has 0 unspecified atom stereocenters. The Kier molecular flexibility index (Phi) is 7.07. The second-order valence-corrected chi connectivity index (χ2v) is 6.98. The lowest BCUT2D eigenvalue weighted by molar-refractivity contribution is 0.332. The molecular formula is C15H22Cl2N2S. The van der Waals surface area contributed by atoms with Crippen molar-refractivity contribution < 1.29 is 0 Å². The summed E-state index contributed by atoms with van der Waals surface area (Å²) in [6.07, 6.45) is 0. The van der Waals surface area contributed by atoms with E-state index in [4.69, 9.17) is 35.4 Å². The van der Waals surface area contributed by atoms with Crippen molar-refractivity contribution in [2.45, 2.75) is 27.7 Å². The van der Waals surface area contributed by atoms with Crippen molar-refractivity contribution >= 4 is 46.2 Å². The van der Waals surface area contributed by atoms with Crippen LogP contribution in [0.1, 0.15) is 27.7 Å². The molecule has 0 bridgehead atoms. The third-order valence-corrected chi connectivity index (χ3v) is 3.54. The number of hydrogen-bond donors (Lipinski definition) is 1. The van der Waals surface area contributed by atoms with Crippen LogP contribution in [0.2, 0.25) is 10.0 Å². The average molecular weight is 333 g/mol. The number of benzene rings is 1. The second kappa shape index (κ2) is 8.06. The summed E-state index contributed by atoms with van der Waals surface area (Å²) in [4.78, 5) is 2.19. The fourth-order valence-electron chi connectivity index (χ4n) is 1.91. The van der Waals surface area contributed by atoms with Gasteiger partial charge in [0.2, 0.25) is 0 Å². The quantitative estimate of drug-likeness (QED) is 0.736. The zero-order chi connectivity index (χ0) is 15.3. The predicted octanol–water partition coefficient (Wildman–Crippen LogP) is 5.30. The molecule has 0 amide bonds. The summed E-state index contributed by atoms with van der Waals surface area (Å²) in [5, 5.41) is 5.12. The summed E-state index contributed by atoms with van der Waals surface area (Å²) in [5.41, 5.74) is 0.790. The number of nitrogens with one attached hydrogen (secondary N) is 1. The minimum atomic E-state index is 0.550. The smallest absolute Gasteiger partial charge is 0.173 e. The Morgan fingerprint density at radius 1 is 1.15 bits per heavy atom. The summed E-state index contributed by atoms with van der Waals surface area (Å²) in [6, 6.07) is 5.36. The van der Waals surface area contributed by atoms with Crippen LogP contribution < -0.4 is 5.32 Å². The second-order valence-electron chi connectivity index (χ2n) is 5.75. The Hall–Kier alpha value is -0.510. The van der Waals surface area contributed by atoms with Gasteiger partial charge in [-0.25, -0.2) is 0 Å². The van der Waals surface area contributed by atoms with E-state index in [2.05, 4.69) is 37.9 Å². The summed E-state index contributed by atoms with van der Waals surface area (Å²) in [5.74, 6) is 1.10. The van der Waals surface area contributed by atoms with E-state index in [0.29, 0.717) is 27.0 Å². The molecule has 0 radical (unpaired) electrons. The maximum atomic E-state index is 6.16. The first-order valence-electron chi connectivity index (χ1n) is 6.80. The molecule has 0 atom stereocenters. The molecule has 2 nitrogen and oxygen atoms in total.